The van der Waals surface area contributed by atoms with Crippen molar-refractivity contribution in [1.29, 1.82) is 0 Å². The highest BCUT2D eigenvalue weighted by Crippen LogP contribution is 2.20. The van der Waals surface area contributed by atoms with Gasteiger partial charge in [0, 0.05) is 0 Å². The Morgan fingerprint density at radius 2 is 2.08 bits per heavy atom. The summed E-state index contributed by atoms with van der Waals surface area (Å²) in [5.41, 5.74) is 0.525. The SMILES string of the molecule is [C-]#[N+]CC(F)c1ccc(OC)cc1. The van der Waals surface area contributed by atoms with Crippen LogP contribution in [0.2, 0.25) is 0 Å². The second-order valence-corrected chi connectivity index (χ2v) is 2.58. The Morgan fingerprint density at radius 1 is 1.46 bits per heavy atom. The fourth-order valence-corrected chi connectivity index (χ4v) is 0.998. The summed E-state index contributed by atoms with van der Waals surface area (Å²) in [7, 11) is 1.56. The molecule has 0 radical (unpaired) electrons. The molecule has 0 fully saturated rings. The summed E-state index contributed by atoms with van der Waals surface area (Å²) in [5.74, 6) is 0.693. The van der Waals surface area contributed by atoms with Crippen molar-refractivity contribution >= 4 is 0 Å². The Balaban J connectivity index is 2.74. The third-order valence-corrected chi connectivity index (χ3v) is 1.73. The maximum absolute atomic E-state index is 13.1. The average Bonchev–Trinajstić information content (AvgIpc) is 2.18. The van der Waals surface area contributed by atoms with Crippen molar-refractivity contribution in [2.45, 2.75) is 6.17 Å². The molecule has 1 unspecified atom stereocenters. The van der Waals surface area contributed by atoms with Crippen molar-refractivity contribution < 1.29 is 9.13 Å². The van der Waals surface area contributed by atoms with Crippen LogP contribution in [-0.2, 0) is 0 Å². The van der Waals surface area contributed by atoms with Crippen LogP contribution in [0.25, 0.3) is 4.85 Å². The summed E-state index contributed by atoms with van der Waals surface area (Å²) in [6, 6.07) is 6.64. The van der Waals surface area contributed by atoms with E-state index in [4.69, 9.17) is 11.3 Å². The third kappa shape index (κ3) is 2.45. The quantitative estimate of drug-likeness (QED) is 0.650. The smallest absolute Gasteiger partial charge is 0.249 e. The molecule has 2 nitrogen and oxygen atoms in total. The zero-order valence-electron chi connectivity index (χ0n) is 7.33. The molecule has 1 aromatic rings. The van der Waals surface area contributed by atoms with Crippen molar-refractivity contribution in [1.82, 2.24) is 0 Å². The van der Waals surface area contributed by atoms with E-state index in [0.717, 1.165) is 0 Å². The van der Waals surface area contributed by atoms with Gasteiger partial charge in [0.25, 0.3) is 0 Å². The van der Waals surface area contributed by atoms with Crippen LogP contribution in [0.4, 0.5) is 4.39 Å². The number of hydrogen-bond donors (Lipinski definition) is 0. The molecule has 0 saturated carbocycles. The van der Waals surface area contributed by atoms with Crippen molar-refractivity contribution in [2.24, 2.45) is 0 Å². The molecule has 0 amide bonds. The molecule has 1 aromatic carbocycles. The predicted molar refractivity (Wildman–Crippen MR) is 48.3 cm³/mol. The van der Waals surface area contributed by atoms with Gasteiger partial charge in [-0.2, -0.15) is 0 Å². The van der Waals surface area contributed by atoms with E-state index < -0.39 is 6.17 Å². The highest BCUT2D eigenvalue weighted by atomic mass is 19.1. The van der Waals surface area contributed by atoms with E-state index in [-0.39, 0.29) is 6.54 Å². The lowest BCUT2D eigenvalue weighted by Gasteiger charge is -2.03. The van der Waals surface area contributed by atoms with E-state index >= 15 is 0 Å². The van der Waals surface area contributed by atoms with Gasteiger partial charge in [0.15, 0.2) is 6.17 Å². The number of rotatable bonds is 3. The van der Waals surface area contributed by atoms with Crippen molar-refractivity contribution in [3.63, 3.8) is 0 Å². The van der Waals surface area contributed by atoms with E-state index in [1.807, 2.05) is 0 Å². The molecule has 0 spiro atoms. The summed E-state index contributed by atoms with van der Waals surface area (Å²) in [6.45, 7) is 6.40. The molecule has 1 rings (SSSR count). The van der Waals surface area contributed by atoms with Gasteiger partial charge < -0.3 is 9.58 Å². The molecule has 0 aliphatic heterocycles. The van der Waals surface area contributed by atoms with Gasteiger partial charge in [0.1, 0.15) is 5.75 Å². The van der Waals surface area contributed by atoms with Gasteiger partial charge >= 0.3 is 0 Å². The van der Waals surface area contributed by atoms with Gasteiger partial charge in [-0.05, 0) is 17.7 Å². The van der Waals surface area contributed by atoms with Gasteiger partial charge in [0.2, 0.25) is 6.54 Å². The molecule has 0 N–H and O–H groups in total. The molecule has 0 aliphatic rings. The largest absolute Gasteiger partial charge is 0.497 e. The number of ether oxygens (including phenoxy) is 1. The van der Waals surface area contributed by atoms with Crippen molar-refractivity contribution in [3.05, 3.63) is 41.2 Å². The Kier molecular flexibility index (Phi) is 3.27. The van der Waals surface area contributed by atoms with Crippen LogP contribution in [0.5, 0.6) is 5.75 Å². The molecule has 13 heavy (non-hydrogen) atoms. The summed E-state index contributed by atoms with van der Waals surface area (Å²) < 4.78 is 18.0. The number of alkyl halides is 1. The maximum Gasteiger partial charge on any atom is 0.249 e. The van der Waals surface area contributed by atoms with Gasteiger partial charge in [0.05, 0.1) is 7.11 Å². The number of nitrogens with zero attached hydrogens (tertiary/aromatic N) is 1. The normalized spacial score (nSPS) is 11.8. The van der Waals surface area contributed by atoms with Crippen LogP contribution in [0, 0.1) is 6.57 Å². The molecular weight excluding hydrogens is 169 g/mol. The Bertz CT molecular complexity index is 302. The first-order chi connectivity index (χ1) is 6.27. The maximum atomic E-state index is 13.1. The topological polar surface area (TPSA) is 13.6 Å². The molecular formula is C10H10FNO. The van der Waals surface area contributed by atoms with Crippen molar-refractivity contribution in [2.75, 3.05) is 13.7 Å². The van der Waals surface area contributed by atoms with Crippen LogP contribution in [-0.4, -0.2) is 13.7 Å². The first-order valence-corrected chi connectivity index (χ1v) is 3.89. The van der Waals surface area contributed by atoms with Crippen LogP contribution >= 0.6 is 0 Å². The Morgan fingerprint density at radius 3 is 2.54 bits per heavy atom. The van der Waals surface area contributed by atoms with Crippen LogP contribution in [0.3, 0.4) is 0 Å². The average molecular weight is 179 g/mol. The Hall–Kier alpha value is -1.56. The van der Waals surface area contributed by atoms with E-state index in [9.17, 15) is 4.39 Å². The Labute approximate surface area is 76.8 Å². The molecule has 0 bridgehead atoms. The lowest BCUT2D eigenvalue weighted by atomic mass is 10.1. The summed E-state index contributed by atoms with van der Waals surface area (Å²) in [6.07, 6.45) is -1.19. The second kappa shape index (κ2) is 4.46. The standard InChI is InChI=1S/C10H10FNO/c1-12-7-10(11)8-3-5-9(13-2)6-4-8/h3-6,10H,7H2,2H3. The lowest BCUT2D eigenvalue weighted by Crippen LogP contribution is -1.94. The van der Waals surface area contributed by atoms with E-state index in [1.165, 1.54) is 0 Å². The summed E-state index contributed by atoms with van der Waals surface area (Å²) in [4.78, 5) is 3.00. The van der Waals surface area contributed by atoms with Gasteiger partial charge in [-0.1, -0.05) is 12.1 Å². The number of benzene rings is 1. The van der Waals surface area contributed by atoms with Crippen LogP contribution < -0.4 is 4.74 Å². The number of methoxy groups -OCH3 is 1. The minimum absolute atomic E-state index is 0.119. The summed E-state index contributed by atoms with van der Waals surface area (Å²) >= 11 is 0. The molecule has 1 atom stereocenters. The fraction of sp³-hybridized carbons (Fsp3) is 0.300. The predicted octanol–water partition coefficient (Wildman–Crippen LogP) is 2.63. The summed E-state index contributed by atoms with van der Waals surface area (Å²) in [5, 5.41) is 0. The first kappa shape index (κ1) is 9.53. The number of halogens is 1. The van der Waals surface area contributed by atoms with Crippen LogP contribution in [0.1, 0.15) is 11.7 Å². The van der Waals surface area contributed by atoms with E-state index in [0.29, 0.717) is 11.3 Å². The lowest BCUT2D eigenvalue weighted by molar-refractivity contribution is 0.366. The highest BCUT2D eigenvalue weighted by molar-refractivity contribution is 5.28. The van der Waals surface area contributed by atoms with E-state index in [1.54, 1.807) is 31.4 Å². The minimum atomic E-state index is -1.19. The third-order valence-electron chi connectivity index (χ3n) is 1.73. The molecule has 68 valence electrons. The van der Waals surface area contributed by atoms with Crippen LogP contribution in [0.15, 0.2) is 24.3 Å². The fourth-order valence-electron chi connectivity index (χ4n) is 0.998. The second-order valence-electron chi connectivity index (χ2n) is 2.58. The molecule has 0 aromatic heterocycles. The molecule has 0 heterocycles. The molecule has 0 aliphatic carbocycles. The van der Waals surface area contributed by atoms with E-state index in [2.05, 4.69) is 4.85 Å². The zero-order valence-corrected chi connectivity index (χ0v) is 7.33. The van der Waals surface area contributed by atoms with Gasteiger partial charge in [-0.3, -0.25) is 0 Å². The molecule has 0 saturated heterocycles. The highest BCUT2D eigenvalue weighted by Gasteiger charge is 2.11. The first-order valence-electron chi connectivity index (χ1n) is 3.89. The minimum Gasteiger partial charge on any atom is -0.497 e. The zero-order chi connectivity index (χ0) is 9.68. The van der Waals surface area contributed by atoms with Crippen molar-refractivity contribution in [3.8, 4) is 5.75 Å². The monoisotopic (exact) mass is 179 g/mol. The van der Waals surface area contributed by atoms with Gasteiger partial charge in [-0.15, -0.1) is 0 Å². The van der Waals surface area contributed by atoms with Gasteiger partial charge in [-0.25, -0.2) is 11.0 Å². The molecule has 3 heteroatoms. The number of hydrogen-bond acceptors (Lipinski definition) is 1.